The van der Waals surface area contributed by atoms with Gasteiger partial charge in [0.15, 0.2) is 27.6 Å². The number of aromatic carboxylic acids is 1. The standard InChI is InChI=1S/C17H13FN6O2S2/c1-7-8(2)14(22-17-20-12-9(18)4-3-5-11(12)28-17)24-23-13(7)21-16-19-10(6-27-16)15(25)26/h3-6H,1-2H3,(H,25,26)(H,19,21,23)(H,20,22,24). The molecule has 0 aliphatic carbocycles. The van der Waals surface area contributed by atoms with Gasteiger partial charge in [0.05, 0.1) is 4.70 Å². The smallest absolute Gasteiger partial charge is 0.355 e. The van der Waals surface area contributed by atoms with Crippen LogP contribution in [-0.4, -0.2) is 31.2 Å². The second-order valence-electron chi connectivity index (χ2n) is 5.85. The minimum absolute atomic E-state index is 0.0313. The molecule has 4 aromatic rings. The van der Waals surface area contributed by atoms with E-state index in [9.17, 15) is 9.18 Å². The third-order valence-corrected chi connectivity index (χ3v) is 5.76. The number of para-hydroxylation sites is 1. The van der Waals surface area contributed by atoms with Gasteiger partial charge in [-0.15, -0.1) is 21.5 Å². The molecule has 0 spiro atoms. The summed E-state index contributed by atoms with van der Waals surface area (Å²) in [5.74, 6) is -0.475. The normalized spacial score (nSPS) is 11.0. The molecule has 8 nitrogen and oxygen atoms in total. The molecular formula is C17H13FN6O2S2. The van der Waals surface area contributed by atoms with Gasteiger partial charge in [-0.25, -0.2) is 19.2 Å². The van der Waals surface area contributed by atoms with Crippen LogP contribution in [-0.2, 0) is 0 Å². The quantitative estimate of drug-likeness (QED) is 0.436. The zero-order valence-electron chi connectivity index (χ0n) is 14.6. The maximum Gasteiger partial charge on any atom is 0.355 e. The van der Waals surface area contributed by atoms with Gasteiger partial charge < -0.3 is 15.7 Å². The Hall–Kier alpha value is -3.18. The number of carbonyl (C=O) groups is 1. The molecule has 142 valence electrons. The van der Waals surface area contributed by atoms with Gasteiger partial charge in [-0.2, -0.15) is 0 Å². The highest BCUT2D eigenvalue weighted by molar-refractivity contribution is 7.22. The second kappa shape index (κ2) is 7.09. The molecular weight excluding hydrogens is 403 g/mol. The molecule has 4 rings (SSSR count). The number of aromatic nitrogens is 4. The molecule has 0 radical (unpaired) electrons. The van der Waals surface area contributed by atoms with Crippen LogP contribution >= 0.6 is 22.7 Å². The Morgan fingerprint density at radius 1 is 1.07 bits per heavy atom. The van der Waals surface area contributed by atoms with E-state index in [1.807, 2.05) is 13.8 Å². The fraction of sp³-hybridized carbons (Fsp3) is 0.118. The summed E-state index contributed by atoms with van der Waals surface area (Å²) in [4.78, 5) is 19.2. The Labute approximate surface area is 166 Å². The second-order valence-corrected chi connectivity index (χ2v) is 7.73. The number of nitrogens with one attached hydrogen (secondary N) is 2. The first kappa shape index (κ1) is 18.2. The Morgan fingerprint density at radius 3 is 2.36 bits per heavy atom. The van der Waals surface area contributed by atoms with Gasteiger partial charge in [-0.3, -0.25) is 0 Å². The molecule has 0 fully saturated rings. The number of carboxylic acids is 1. The third-order valence-electron chi connectivity index (χ3n) is 4.07. The van der Waals surface area contributed by atoms with E-state index in [-0.39, 0.29) is 11.5 Å². The monoisotopic (exact) mass is 416 g/mol. The fourth-order valence-electron chi connectivity index (χ4n) is 2.44. The van der Waals surface area contributed by atoms with Gasteiger partial charge in [-0.05, 0) is 26.0 Å². The zero-order chi connectivity index (χ0) is 19.8. The SMILES string of the molecule is Cc1c(Nc2nc(C(=O)O)cs2)nnc(Nc2nc3c(F)cccc3s2)c1C. The molecule has 0 saturated carbocycles. The molecule has 3 N–H and O–H groups in total. The number of halogens is 1. The van der Waals surface area contributed by atoms with Crippen molar-refractivity contribution < 1.29 is 14.3 Å². The number of fused-ring (bicyclic) bond motifs is 1. The van der Waals surface area contributed by atoms with Crippen molar-refractivity contribution in [2.75, 3.05) is 10.6 Å². The lowest BCUT2D eigenvalue weighted by Gasteiger charge is -2.11. The van der Waals surface area contributed by atoms with Crippen molar-refractivity contribution in [3.8, 4) is 0 Å². The van der Waals surface area contributed by atoms with Gasteiger partial charge in [0, 0.05) is 16.5 Å². The first-order valence-electron chi connectivity index (χ1n) is 8.04. The summed E-state index contributed by atoms with van der Waals surface area (Å²) in [7, 11) is 0. The van der Waals surface area contributed by atoms with Crippen molar-refractivity contribution in [3.63, 3.8) is 0 Å². The minimum Gasteiger partial charge on any atom is -0.476 e. The Bertz CT molecular complexity index is 1210. The highest BCUT2D eigenvalue weighted by Gasteiger charge is 2.15. The molecule has 0 bridgehead atoms. The van der Waals surface area contributed by atoms with Gasteiger partial charge in [-0.1, -0.05) is 17.4 Å². The number of hydrogen-bond acceptors (Lipinski definition) is 9. The largest absolute Gasteiger partial charge is 0.476 e. The number of carboxylic acid groups (broad SMARTS) is 1. The van der Waals surface area contributed by atoms with Gasteiger partial charge in [0.2, 0.25) is 0 Å². The Morgan fingerprint density at radius 2 is 1.75 bits per heavy atom. The lowest BCUT2D eigenvalue weighted by Crippen LogP contribution is -2.05. The van der Waals surface area contributed by atoms with Crippen LogP contribution in [0, 0.1) is 19.7 Å². The van der Waals surface area contributed by atoms with Crippen LogP contribution in [0.1, 0.15) is 21.6 Å². The molecule has 0 aliphatic rings. The number of rotatable bonds is 5. The number of thiazole rings is 2. The van der Waals surface area contributed by atoms with E-state index in [0.29, 0.717) is 27.4 Å². The molecule has 0 unspecified atom stereocenters. The maximum absolute atomic E-state index is 13.8. The minimum atomic E-state index is -1.09. The molecule has 28 heavy (non-hydrogen) atoms. The molecule has 3 heterocycles. The summed E-state index contributed by atoms with van der Waals surface area (Å²) < 4.78 is 14.6. The highest BCUT2D eigenvalue weighted by atomic mass is 32.1. The topological polar surface area (TPSA) is 113 Å². The predicted octanol–water partition coefficient (Wildman–Crippen LogP) is 4.48. The zero-order valence-corrected chi connectivity index (χ0v) is 16.3. The van der Waals surface area contributed by atoms with E-state index >= 15 is 0 Å². The summed E-state index contributed by atoms with van der Waals surface area (Å²) in [5, 5.41) is 25.7. The lowest BCUT2D eigenvalue weighted by atomic mass is 10.2. The van der Waals surface area contributed by atoms with Crippen molar-refractivity contribution in [2.45, 2.75) is 13.8 Å². The van der Waals surface area contributed by atoms with Crippen molar-refractivity contribution in [1.82, 2.24) is 20.2 Å². The number of benzene rings is 1. The van der Waals surface area contributed by atoms with E-state index in [2.05, 4.69) is 30.8 Å². The van der Waals surface area contributed by atoms with Crippen LogP contribution < -0.4 is 10.6 Å². The molecule has 0 atom stereocenters. The summed E-state index contributed by atoms with van der Waals surface area (Å²) in [6.45, 7) is 3.73. The van der Waals surface area contributed by atoms with E-state index in [0.717, 1.165) is 15.8 Å². The molecule has 0 amide bonds. The molecule has 0 saturated heterocycles. The Kier molecular flexibility index (Phi) is 4.61. The molecule has 3 aromatic heterocycles. The summed E-state index contributed by atoms with van der Waals surface area (Å²) in [6, 6.07) is 4.82. The van der Waals surface area contributed by atoms with Crippen LogP contribution in [0.3, 0.4) is 0 Å². The molecule has 11 heteroatoms. The van der Waals surface area contributed by atoms with Gasteiger partial charge in [0.1, 0.15) is 11.3 Å². The maximum atomic E-state index is 13.8. The van der Waals surface area contributed by atoms with Crippen LogP contribution in [0.4, 0.5) is 26.3 Å². The van der Waals surface area contributed by atoms with Gasteiger partial charge >= 0.3 is 5.97 Å². The molecule has 0 aliphatic heterocycles. The van der Waals surface area contributed by atoms with Crippen molar-refractivity contribution >= 4 is 60.8 Å². The first-order chi connectivity index (χ1) is 13.4. The van der Waals surface area contributed by atoms with Crippen LogP contribution in [0.15, 0.2) is 23.6 Å². The summed E-state index contributed by atoms with van der Waals surface area (Å²) >= 11 is 2.49. The summed E-state index contributed by atoms with van der Waals surface area (Å²) in [6.07, 6.45) is 0. The van der Waals surface area contributed by atoms with Crippen molar-refractivity contribution in [1.29, 1.82) is 0 Å². The lowest BCUT2D eigenvalue weighted by molar-refractivity contribution is 0.0691. The predicted molar refractivity (Wildman–Crippen MR) is 107 cm³/mol. The van der Waals surface area contributed by atoms with E-state index in [1.165, 1.54) is 34.1 Å². The van der Waals surface area contributed by atoms with Crippen LogP contribution in [0.2, 0.25) is 0 Å². The Balaban J connectivity index is 1.59. The van der Waals surface area contributed by atoms with Crippen LogP contribution in [0.5, 0.6) is 0 Å². The number of anilines is 4. The van der Waals surface area contributed by atoms with E-state index < -0.39 is 5.97 Å². The van der Waals surface area contributed by atoms with Gasteiger partial charge in [0.25, 0.3) is 0 Å². The fourth-order valence-corrected chi connectivity index (χ4v) is 4.01. The highest BCUT2D eigenvalue weighted by Crippen LogP contribution is 2.31. The first-order valence-corrected chi connectivity index (χ1v) is 9.74. The van der Waals surface area contributed by atoms with Crippen LogP contribution in [0.25, 0.3) is 10.2 Å². The molecule has 1 aromatic carbocycles. The average Bonchev–Trinajstić information content (AvgIpc) is 3.29. The van der Waals surface area contributed by atoms with Crippen molar-refractivity contribution in [3.05, 3.63) is 46.2 Å². The van der Waals surface area contributed by atoms with E-state index in [1.54, 1.807) is 12.1 Å². The van der Waals surface area contributed by atoms with E-state index in [4.69, 9.17) is 5.11 Å². The number of hydrogen-bond donors (Lipinski definition) is 3. The summed E-state index contributed by atoms with van der Waals surface area (Å²) in [5.41, 5.74) is 1.92. The average molecular weight is 416 g/mol. The third kappa shape index (κ3) is 3.37. The number of nitrogens with zero attached hydrogens (tertiary/aromatic N) is 4. The van der Waals surface area contributed by atoms with Crippen molar-refractivity contribution in [2.24, 2.45) is 0 Å².